The number of nitrogens with two attached hydrogens (primary N) is 1. The second kappa shape index (κ2) is 2.16. The van der Waals surface area contributed by atoms with Crippen LogP contribution in [-0.2, 0) is 0 Å². The molecule has 0 aliphatic carbocycles. The maximum absolute atomic E-state index is 4.84. The Labute approximate surface area is 46.8 Å². The van der Waals surface area contributed by atoms with Crippen molar-refractivity contribution in [1.82, 2.24) is 0 Å². The highest BCUT2D eigenvalue weighted by Crippen LogP contribution is 1.93. The van der Waals surface area contributed by atoms with Gasteiger partial charge in [-0.3, -0.25) is 0 Å². The third-order valence-electron chi connectivity index (χ3n) is 0.745. The molecule has 0 atom stereocenters. The maximum Gasteiger partial charge on any atom is 0.146 e. The second-order valence-electron chi connectivity index (χ2n) is 1.29. The van der Waals surface area contributed by atoms with Crippen molar-refractivity contribution in [3.8, 4) is 0 Å². The lowest BCUT2D eigenvalue weighted by molar-refractivity contribution is 0.560. The molecule has 1 aromatic heterocycles. The Morgan fingerprint density at radius 3 is 3.12 bits per heavy atom. The molecule has 42 valence electrons. The molecule has 0 radical (unpaired) electrons. The molecule has 2 N–H and O–H groups in total. The molecule has 1 aromatic rings. The summed E-state index contributed by atoms with van der Waals surface area (Å²) in [7, 11) is 0. The molecule has 0 aliphatic rings. The van der Waals surface area contributed by atoms with E-state index in [-0.39, 0.29) is 0 Å². The highest BCUT2D eigenvalue weighted by Gasteiger charge is 1.83. The molecule has 0 aromatic carbocycles. The van der Waals surface area contributed by atoms with Gasteiger partial charge >= 0.3 is 0 Å². The molecule has 0 bridgehead atoms. The summed E-state index contributed by atoms with van der Waals surface area (Å²) < 4.78 is 4.84. The Kier molecular flexibility index (Phi) is 1.32. The molecule has 8 heavy (non-hydrogen) atoms. The van der Waals surface area contributed by atoms with E-state index >= 15 is 0 Å². The second-order valence-corrected chi connectivity index (χ2v) is 1.29. The third-order valence-corrected chi connectivity index (χ3v) is 0.745. The number of furan rings is 1. The molecule has 0 saturated carbocycles. The summed E-state index contributed by atoms with van der Waals surface area (Å²) in [5, 5.41) is 3.26. The lowest BCUT2D eigenvalue weighted by Crippen LogP contribution is -1.81. The largest absolute Gasteiger partial charge is 0.463 e. The summed E-state index contributed by atoms with van der Waals surface area (Å²) >= 11 is 0. The van der Waals surface area contributed by atoms with E-state index in [4.69, 9.17) is 10.3 Å². The van der Waals surface area contributed by atoms with Crippen LogP contribution in [0.4, 0.5) is 0 Å². The minimum absolute atomic E-state index is 0.674. The number of hydrogen-bond acceptors (Lipinski definition) is 3. The highest BCUT2D eigenvalue weighted by molar-refractivity contribution is 5.75. The van der Waals surface area contributed by atoms with Gasteiger partial charge in [-0.1, -0.05) is 0 Å². The van der Waals surface area contributed by atoms with Crippen LogP contribution in [0, 0.1) is 0 Å². The number of nitrogens with zero attached hydrogens (tertiary/aromatic N) is 1. The first-order valence-electron chi connectivity index (χ1n) is 2.20. The third kappa shape index (κ3) is 0.872. The van der Waals surface area contributed by atoms with E-state index in [2.05, 4.69) is 5.10 Å². The van der Waals surface area contributed by atoms with Gasteiger partial charge in [0.25, 0.3) is 0 Å². The minimum Gasteiger partial charge on any atom is -0.463 e. The van der Waals surface area contributed by atoms with Gasteiger partial charge in [0.05, 0.1) is 12.5 Å². The summed E-state index contributed by atoms with van der Waals surface area (Å²) in [6.45, 7) is 0. The molecular formula is C5H6N2O. The fraction of sp³-hybridized carbons (Fsp3) is 0. The van der Waals surface area contributed by atoms with E-state index in [1.807, 2.05) is 0 Å². The van der Waals surface area contributed by atoms with Crippen molar-refractivity contribution >= 4 is 6.21 Å². The van der Waals surface area contributed by atoms with Crippen LogP contribution in [0.2, 0.25) is 0 Å². The summed E-state index contributed by atoms with van der Waals surface area (Å²) in [5.74, 6) is 5.50. The molecule has 0 unspecified atom stereocenters. The predicted molar refractivity (Wildman–Crippen MR) is 30.5 cm³/mol. The molecule has 0 aliphatic heterocycles. The Bertz CT molecular complexity index is 167. The first kappa shape index (κ1) is 4.90. The van der Waals surface area contributed by atoms with Gasteiger partial charge in [0, 0.05) is 0 Å². The molecule has 0 amide bonds. The lowest BCUT2D eigenvalue weighted by Gasteiger charge is -1.75. The van der Waals surface area contributed by atoms with Crippen molar-refractivity contribution in [3.05, 3.63) is 24.2 Å². The Morgan fingerprint density at radius 2 is 2.62 bits per heavy atom. The standard InChI is InChI=1S/C5H6N2O/c6-7-4-5-2-1-3-8-5/h1-4H,6H2/b7-4+. The summed E-state index contributed by atoms with van der Waals surface area (Å²) in [4.78, 5) is 0. The Morgan fingerprint density at radius 1 is 1.75 bits per heavy atom. The molecule has 3 nitrogen and oxygen atoms in total. The van der Waals surface area contributed by atoms with Crippen molar-refractivity contribution in [2.75, 3.05) is 0 Å². The normalized spacial score (nSPS) is 10.5. The van der Waals surface area contributed by atoms with E-state index in [1.165, 1.54) is 6.21 Å². The van der Waals surface area contributed by atoms with Crippen molar-refractivity contribution in [2.24, 2.45) is 10.9 Å². The van der Waals surface area contributed by atoms with E-state index in [0.29, 0.717) is 5.76 Å². The zero-order chi connectivity index (χ0) is 5.82. The van der Waals surface area contributed by atoms with E-state index in [1.54, 1.807) is 18.4 Å². The average molecular weight is 110 g/mol. The molecule has 0 fully saturated rings. The fourth-order valence-corrected chi connectivity index (χ4v) is 0.438. The van der Waals surface area contributed by atoms with Crippen LogP contribution in [0.1, 0.15) is 5.76 Å². The quantitative estimate of drug-likeness (QED) is 0.326. The molecule has 1 heterocycles. The first-order valence-corrected chi connectivity index (χ1v) is 2.20. The van der Waals surface area contributed by atoms with Gasteiger partial charge in [-0.15, -0.1) is 0 Å². The lowest BCUT2D eigenvalue weighted by atomic mass is 10.5. The first-order chi connectivity index (χ1) is 3.93. The van der Waals surface area contributed by atoms with Gasteiger partial charge in [0.1, 0.15) is 5.76 Å². The minimum atomic E-state index is 0.674. The molecule has 0 saturated heterocycles. The predicted octanol–water partition coefficient (Wildman–Crippen LogP) is 0.572. The summed E-state index contributed by atoms with van der Waals surface area (Å²) in [6, 6.07) is 3.55. The van der Waals surface area contributed by atoms with Crippen LogP contribution in [0.15, 0.2) is 27.9 Å². The van der Waals surface area contributed by atoms with Gasteiger partial charge in [-0.2, -0.15) is 5.10 Å². The van der Waals surface area contributed by atoms with Crippen molar-refractivity contribution in [1.29, 1.82) is 0 Å². The van der Waals surface area contributed by atoms with Crippen LogP contribution in [-0.4, -0.2) is 6.21 Å². The summed E-state index contributed by atoms with van der Waals surface area (Å²) in [5.41, 5.74) is 0. The maximum atomic E-state index is 4.84. The van der Waals surface area contributed by atoms with Crippen LogP contribution in [0.5, 0.6) is 0 Å². The van der Waals surface area contributed by atoms with Crippen molar-refractivity contribution in [3.63, 3.8) is 0 Å². The van der Waals surface area contributed by atoms with Gasteiger partial charge in [-0.25, -0.2) is 0 Å². The van der Waals surface area contributed by atoms with Crippen LogP contribution >= 0.6 is 0 Å². The Balaban J connectivity index is 2.77. The van der Waals surface area contributed by atoms with E-state index in [9.17, 15) is 0 Å². The van der Waals surface area contributed by atoms with Crippen LogP contribution in [0.3, 0.4) is 0 Å². The van der Waals surface area contributed by atoms with Gasteiger partial charge in [0.2, 0.25) is 0 Å². The van der Waals surface area contributed by atoms with Gasteiger partial charge in [0.15, 0.2) is 0 Å². The van der Waals surface area contributed by atoms with E-state index < -0.39 is 0 Å². The number of hydrogen-bond donors (Lipinski definition) is 1. The van der Waals surface area contributed by atoms with Gasteiger partial charge < -0.3 is 10.3 Å². The number of hydrazone groups is 1. The zero-order valence-electron chi connectivity index (χ0n) is 4.24. The van der Waals surface area contributed by atoms with Crippen molar-refractivity contribution < 1.29 is 4.42 Å². The van der Waals surface area contributed by atoms with Crippen molar-refractivity contribution in [2.45, 2.75) is 0 Å². The molecule has 3 heteroatoms. The molecule has 1 rings (SSSR count). The number of rotatable bonds is 1. The molecular weight excluding hydrogens is 104 g/mol. The summed E-state index contributed by atoms with van der Waals surface area (Å²) in [6.07, 6.45) is 3.01. The fourth-order valence-electron chi connectivity index (χ4n) is 0.438. The zero-order valence-corrected chi connectivity index (χ0v) is 4.24. The highest BCUT2D eigenvalue weighted by atomic mass is 16.3. The smallest absolute Gasteiger partial charge is 0.146 e. The van der Waals surface area contributed by atoms with Crippen LogP contribution in [0.25, 0.3) is 0 Å². The average Bonchev–Trinajstić information content (AvgIpc) is 2.19. The molecule has 0 spiro atoms. The monoisotopic (exact) mass is 110 g/mol. The topological polar surface area (TPSA) is 51.5 Å². The Hall–Kier alpha value is -1.25. The SMILES string of the molecule is N/N=C/c1ccco1. The van der Waals surface area contributed by atoms with E-state index in [0.717, 1.165) is 0 Å². The van der Waals surface area contributed by atoms with Crippen LogP contribution < -0.4 is 5.84 Å². The van der Waals surface area contributed by atoms with Gasteiger partial charge in [-0.05, 0) is 12.1 Å².